The SMILES string of the molecule is C=C1[C@H](Cl)[C@@H]2OC(=O)C(C)[C@@]23O[C@@]1(O)C[C@H](OC(=O)CC)[C@]1(C)/C(=C\3OC(C)=O)C2(CC[C@@H]1OC(C)=O)CO2. The molecule has 214 valence electrons. The van der Waals surface area contributed by atoms with E-state index in [1.165, 1.54) is 20.8 Å². The molecule has 5 rings (SSSR count). The van der Waals surface area contributed by atoms with Crippen LogP contribution in [0, 0.1) is 11.3 Å². The second-order valence-corrected chi connectivity index (χ2v) is 11.7. The van der Waals surface area contributed by atoms with Crippen molar-refractivity contribution < 1.29 is 52.7 Å². The summed E-state index contributed by atoms with van der Waals surface area (Å²) in [6.45, 7) is 11.5. The Bertz CT molecular complexity index is 1190. The van der Waals surface area contributed by atoms with E-state index in [0.29, 0.717) is 18.4 Å². The molecule has 39 heavy (non-hydrogen) atoms. The van der Waals surface area contributed by atoms with Gasteiger partial charge in [0.2, 0.25) is 0 Å². The largest absolute Gasteiger partial charge is 0.461 e. The van der Waals surface area contributed by atoms with E-state index in [1.807, 2.05) is 0 Å². The fourth-order valence-electron chi connectivity index (χ4n) is 6.81. The third kappa shape index (κ3) is 3.88. The minimum Gasteiger partial charge on any atom is -0.461 e. The molecule has 1 saturated carbocycles. The van der Waals surface area contributed by atoms with Gasteiger partial charge >= 0.3 is 23.9 Å². The van der Waals surface area contributed by atoms with Gasteiger partial charge in [0.1, 0.15) is 23.6 Å². The van der Waals surface area contributed by atoms with E-state index < -0.39 is 75.9 Å². The van der Waals surface area contributed by atoms with Crippen molar-refractivity contribution in [2.75, 3.05) is 6.61 Å². The summed E-state index contributed by atoms with van der Waals surface area (Å²) >= 11 is 6.80. The number of carbonyl (C=O) groups is 4. The molecule has 11 nitrogen and oxygen atoms in total. The van der Waals surface area contributed by atoms with Crippen LogP contribution in [0.3, 0.4) is 0 Å². The predicted octanol–water partition coefficient (Wildman–Crippen LogP) is 2.21. The highest BCUT2D eigenvalue weighted by atomic mass is 35.5. The average molecular weight is 569 g/mol. The quantitative estimate of drug-likeness (QED) is 0.175. The number of hydrogen-bond donors (Lipinski definition) is 1. The standard InChI is InChI=1S/C27H33ClO11/c1-7-18(31)37-17-10-26(33)12(2)19(28)21-27(39-26,13(3)23(32)38-21)22(36-15(5)30)20-24(17,6)16(35-14(4)29)8-9-25(20)11-34-25/h13,16-17,19,21,33H,2,7-11H2,1,3-6H3/b22-20-/t13?,16-,17-,19-,21-,24+,25?,26-,27+/m0/s1. The van der Waals surface area contributed by atoms with Gasteiger partial charge in [-0.1, -0.05) is 13.5 Å². The number of carbonyl (C=O) groups excluding carboxylic acids is 4. The molecular weight excluding hydrogens is 536 g/mol. The molecule has 1 aliphatic carbocycles. The maximum atomic E-state index is 13.1. The molecular formula is C27H33ClO11. The van der Waals surface area contributed by atoms with Crippen LogP contribution < -0.4 is 0 Å². The van der Waals surface area contributed by atoms with Crippen molar-refractivity contribution in [3.05, 3.63) is 23.5 Å². The second kappa shape index (κ2) is 9.02. The predicted molar refractivity (Wildman–Crippen MR) is 132 cm³/mol. The number of epoxide rings is 1. The first kappa shape index (κ1) is 28.1. The number of hydrogen-bond acceptors (Lipinski definition) is 11. The van der Waals surface area contributed by atoms with Gasteiger partial charge < -0.3 is 33.5 Å². The Hall–Kier alpha value is -2.47. The summed E-state index contributed by atoms with van der Waals surface area (Å²) in [5.41, 5.74) is -3.93. The lowest BCUT2D eigenvalue weighted by atomic mass is 9.57. The van der Waals surface area contributed by atoms with Crippen molar-refractivity contribution in [2.24, 2.45) is 11.3 Å². The van der Waals surface area contributed by atoms with Crippen LogP contribution in [0.4, 0.5) is 0 Å². The fourth-order valence-corrected chi connectivity index (χ4v) is 7.21. The Labute approximate surface area is 230 Å². The molecule has 2 bridgehead atoms. The maximum Gasteiger partial charge on any atom is 0.312 e. The number of halogens is 1. The van der Waals surface area contributed by atoms with Gasteiger partial charge in [0.25, 0.3) is 0 Å². The molecule has 0 aromatic carbocycles. The monoisotopic (exact) mass is 568 g/mol. The molecule has 0 aromatic heterocycles. The van der Waals surface area contributed by atoms with Gasteiger partial charge in [0, 0.05) is 37.8 Å². The first-order valence-corrected chi connectivity index (χ1v) is 13.5. The molecule has 2 spiro atoms. The topological polar surface area (TPSA) is 147 Å². The molecule has 0 aromatic rings. The molecule has 12 heteroatoms. The highest BCUT2D eigenvalue weighted by molar-refractivity contribution is 6.23. The van der Waals surface area contributed by atoms with Crippen molar-refractivity contribution in [1.29, 1.82) is 0 Å². The van der Waals surface area contributed by atoms with Crippen LogP contribution in [0.2, 0.25) is 0 Å². The molecule has 4 fully saturated rings. The minimum absolute atomic E-state index is 0.0179. The molecule has 5 aliphatic rings. The average Bonchev–Trinajstić information content (AvgIpc) is 3.58. The minimum atomic E-state index is -2.25. The van der Waals surface area contributed by atoms with Crippen LogP contribution in [-0.2, 0) is 47.6 Å². The van der Waals surface area contributed by atoms with Crippen LogP contribution in [0.5, 0.6) is 0 Å². The van der Waals surface area contributed by atoms with Gasteiger partial charge in [0.05, 0.1) is 23.3 Å². The summed E-state index contributed by atoms with van der Waals surface area (Å²) in [7, 11) is 0. The van der Waals surface area contributed by atoms with Crippen molar-refractivity contribution in [2.45, 2.75) is 101 Å². The van der Waals surface area contributed by atoms with Gasteiger partial charge in [-0.2, -0.15) is 0 Å². The zero-order valence-electron chi connectivity index (χ0n) is 22.5. The van der Waals surface area contributed by atoms with E-state index in [9.17, 15) is 24.3 Å². The fraction of sp³-hybridized carbons (Fsp3) is 0.704. The van der Waals surface area contributed by atoms with E-state index >= 15 is 0 Å². The molecule has 4 aliphatic heterocycles. The third-order valence-corrected chi connectivity index (χ3v) is 9.39. The van der Waals surface area contributed by atoms with E-state index in [4.69, 9.17) is 40.0 Å². The van der Waals surface area contributed by atoms with Gasteiger partial charge in [-0.05, 0) is 26.7 Å². The summed E-state index contributed by atoms with van der Waals surface area (Å²) in [6.07, 6.45) is -2.92. The molecule has 0 radical (unpaired) electrons. The van der Waals surface area contributed by atoms with Gasteiger partial charge in [-0.25, -0.2) is 0 Å². The second-order valence-electron chi connectivity index (χ2n) is 11.2. The first-order valence-electron chi connectivity index (χ1n) is 13.1. The maximum absolute atomic E-state index is 13.1. The Morgan fingerprint density at radius 2 is 1.85 bits per heavy atom. The van der Waals surface area contributed by atoms with Gasteiger partial charge in [-0.15, -0.1) is 11.6 Å². The number of fused-ring (bicyclic) bond motifs is 3. The van der Waals surface area contributed by atoms with E-state index in [1.54, 1.807) is 13.8 Å². The van der Waals surface area contributed by atoms with Gasteiger partial charge in [-0.3, -0.25) is 19.2 Å². The lowest BCUT2D eigenvalue weighted by Crippen LogP contribution is -2.69. The van der Waals surface area contributed by atoms with E-state index in [0.717, 1.165) is 0 Å². The Morgan fingerprint density at radius 3 is 2.41 bits per heavy atom. The highest BCUT2D eigenvalue weighted by Crippen LogP contribution is 2.65. The molecule has 9 atom stereocenters. The van der Waals surface area contributed by atoms with Crippen molar-refractivity contribution in [1.82, 2.24) is 0 Å². The van der Waals surface area contributed by atoms with Crippen LogP contribution in [-0.4, -0.2) is 76.3 Å². The third-order valence-electron chi connectivity index (χ3n) is 8.90. The Morgan fingerprint density at radius 1 is 1.18 bits per heavy atom. The number of aliphatic hydroxyl groups is 1. The molecule has 1 N–H and O–H groups in total. The van der Waals surface area contributed by atoms with E-state index in [2.05, 4.69) is 6.58 Å². The summed E-state index contributed by atoms with van der Waals surface area (Å²) in [5, 5.41) is 10.9. The zero-order chi connectivity index (χ0) is 28.7. The first-order chi connectivity index (χ1) is 18.2. The number of alkyl halides is 1. The smallest absolute Gasteiger partial charge is 0.312 e. The Balaban J connectivity index is 1.90. The van der Waals surface area contributed by atoms with Crippen LogP contribution in [0.1, 0.15) is 60.3 Å². The summed E-state index contributed by atoms with van der Waals surface area (Å²) in [6, 6.07) is 0. The molecule has 3 saturated heterocycles. The van der Waals surface area contributed by atoms with Crippen LogP contribution in [0.25, 0.3) is 0 Å². The summed E-state index contributed by atoms with van der Waals surface area (Å²) in [5.74, 6) is -6.04. The van der Waals surface area contributed by atoms with Gasteiger partial charge in [0.15, 0.2) is 17.5 Å². The normalized spacial score (nSPS) is 46.3. The molecule has 0 amide bonds. The highest BCUT2D eigenvalue weighted by Gasteiger charge is 2.76. The number of rotatable bonds is 4. The molecule has 2 unspecified atom stereocenters. The Kier molecular flexibility index (Phi) is 6.49. The summed E-state index contributed by atoms with van der Waals surface area (Å²) in [4.78, 5) is 50.8. The zero-order valence-corrected chi connectivity index (χ0v) is 23.3. The van der Waals surface area contributed by atoms with E-state index in [-0.39, 0.29) is 30.8 Å². The number of ether oxygens (including phenoxy) is 6. The lowest BCUT2D eigenvalue weighted by molar-refractivity contribution is -0.299. The number of esters is 4. The van der Waals surface area contributed by atoms with Crippen molar-refractivity contribution >= 4 is 35.5 Å². The van der Waals surface area contributed by atoms with Crippen LogP contribution >= 0.6 is 11.6 Å². The molecule has 4 heterocycles. The van der Waals surface area contributed by atoms with Crippen molar-refractivity contribution in [3.63, 3.8) is 0 Å². The van der Waals surface area contributed by atoms with Crippen molar-refractivity contribution in [3.8, 4) is 0 Å². The lowest BCUT2D eigenvalue weighted by Gasteiger charge is -2.57. The summed E-state index contributed by atoms with van der Waals surface area (Å²) < 4.78 is 35.8. The van der Waals surface area contributed by atoms with Crippen LogP contribution in [0.15, 0.2) is 23.5 Å².